The van der Waals surface area contributed by atoms with Crippen molar-refractivity contribution in [1.82, 2.24) is 15.4 Å². The molecule has 3 aromatic rings. The van der Waals surface area contributed by atoms with Crippen molar-refractivity contribution in [3.63, 3.8) is 0 Å². The van der Waals surface area contributed by atoms with Crippen LogP contribution in [0.3, 0.4) is 0 Å². The summed E-state index contributed by atoms with van der Waals surface area (Å²) in [6, 6.07) is 15.8. The number of nitro groups is 1. The Labute approximate surface area is 173 Å². The number of halogens is 1. The van der Waals surface area contributed by atoms with Crippen LogP contribution in [0.1, 0.15) is 0 Å². The monoisotopic (exact) mass is 458 g/mol. The third kappa shape index (κ3) is 5.62. The third-order valence-electron chi connectivity index (χ3n) is 3.55. The van der Waals surface area contributed by atoms with Crippen molar-refractivity contribution in [1.29, 1.82) is 0 Å². The summed E-state index contributed by atoms with van der Waals surface area (Å²) in [5.41, 5.74) is 4.95. The topological polar surface area (TPSA) is 131 Å². The summed E-state index contributed by atoms with van der Waals surface area (Å²) in [6.07, 6.45) is 1.14. The van der Waals surface area contributed by atoms with Crippen molar-refractivity contribution >= 4 is 44.8 Å². The van der Waals surface area contributed by atoms with Gasteiger partial charge in [0, 0.05) is 10.2 Å². The van der Waals surface area contributed by atoms with Crippen molar-refractivity contribution in [2.75, 3.05) is 17.3 Å². The van der Waals surface area contributed by atoms with Crippen LogP contribution in [-0.4, -0.2) is 27.4 Å². The number of benzene rings is 2. The van der Waals surface area contributed by atoms with Crippen LogP contribution in [0.5, 0.6) is 5.75 Å². The molecule has 0 spiro atoms. The SMILES string of the molecule is O=C(COc1ccccc1)NNc1ncnc(Nc2ccc(Br)cc2)c1[N+](=O)[O-]. The molecule has 1 aromatic heterocycles. The zero-order valence-corrected chi connectivity index (χ0v) is 16.4. The molecule has 1 amide bonds. The van der Waals surface area contributed by atoms with Crippen LogP contribution in [0, 0.1) is 10.1 Å². The number of rotatable bonds is 8. The zero-order chi connectivity index (χ0) is 20.6. The van der Waals surface area contributed by atoms with E-state index >= 15 is 0 Å². The molecule has 0 aliphatic carbocycles. The average Bonchev–Trinajstić information content (AvgIpc) is 2.73. The summed E-state index contributed by atoms with van der Waals surface area (Å²) in [6.45, 7) is -0.278. The highest BCUT2D eigenvalue weighted by Crippen LogP contribution is 2.30. The first-order valence-electron chi connectivity index (χ1n) is 8.27. The lowest BCUT2D eigenvalue weighted by Crippen LogP contribution is -2.34. The van der Waals surface area contributed by atoms with E-state index in [4.69, 9.17) is 4.74 Å². The first-order chi connectivity index (χ1) is 14.0. The van der Waals surface area contributed by atoms with E-state index in [1.165, 1.54) is 0 Å². The predicted octanol–water partition coefficient (Wildman–Crippen LogP) is 3.41. The number of amides is 1. The van der Waals surface area contributed by atoms with E-state index in [2.05, 4.69) is 42.1 Å². The molecule has 0 bridgehead atoms. The Balaban J connectivity index is 1.67. The minimum Gasteiger partial charge on any atom is -0.484 e. The van der Waals surface area contributed by atoms with Crippen molar-refractivity contribution in [2.24, 2.45) is 0 Å². The van der Waals surface area contributed by atoms with E-state index in [9.17, 15) is 14.9 Å². The lowest BCUT2D eigenvalue weighted by molar-refractivity contribution is -0.383. The number of para-hydroxylation sites is 1. The molecule has 0 radical (unpaired) electrons. The van der Waals surface area contributed by atoms with E-state index < -0.39 is 16.5 Å². The van der Waals surface area contributed by atoms with Gasteiger partial charge >= 0.3 is 5.69 Å². The first kappa shape index (κ1) is 20.0. The van der Waals surface area contributed by atoms with Crippen LogP contribution in [0.25, 0.3) is 0 Å². The maximum absolute atomic E-state index is 11.9. The van der Waals surface area contributed by atoms with Gasteiger partial charge in [-0.15, -0.1) is 0 Å². The molecular formula is C18H15BrN6O4. The zero-order valence-electron chi connectivity index (χ0n) is 14.8. The minimum absolute atomic E-state index is 0.0235. The Bertz CT molecular complexity index is 1000. The number of hydrogen-bond acceptors (Lipinski definition) is 8. The first-order valence-corrected chi connectivity index (χ1v) is 9.07. The van der Waals surface area contributed by atoms with Crippen molar-refractivity contribution in [3.8, 4) is 5.75 Å². The van der Waals surface area contributed by atoms with Crippen molar-refractivity contribution in [3.05, 3.63) is 75.5 Å². The number of hydrazine groups is 1. The van der Waals surface area contributed by atoms with Gasteiger partial charge in [-0.3, -0.25) is 25.8 Å². The fourth-order valence-corrected chi connectivity index (χ4v) is 2.50. The summed E-state index contributed by atoms with van der Waals surface area (Å²) < 4.78 is 6.18. The fourth-order valence-electron chi connectivity index (χ4n) is 2.24. The molecule has 3 N–H and O–H groups in total. The maximum Gasteiger partial charge on any atom is 0.355 e. The number of ether oxygens (including phenoxy) is 1. The molecule has 2 aromatic carbocycles. The van der Waals surface area contributed by atoms with Gasteiger partial charge in [0.25, 0.3) is 5.91 Å². The van der Waals surface area contributed by atoms with Crippen LogP contribution in [-0.2, 0) is 4.79 Å². The van der Waals surface area contributed by atoms with Gasteiger partial charge in [-0.1, -0.05) is 34.1 Å². The number of nitrogens with one attached hydrogen (secondary N) is 3. The number of carbonyl (C=O) groups excluding carboxylic acids is 1. The molecule has 0 atom stereocenters. The summed E-state index contributed by atoms with van der Waals surface area (Å²) in [5, 5.41) is 14.4. The van der Waals surface area contributed by atoms with E-state index in [-0.39, 0.29) is 18.2 Å². The highest BCUT2D eigenvalue weighted by atomic mass is 79.9. The normalized spacial score (nSPS) is 10.1. The van der Waals surface area contributed by atoms with E-state index in [1.807, 2.05) is 6.07 Å². The second-order valence-corrected chi connectivity index (χ2v) is 6.50. The van der Waals surface area contributed by atoms with Crippen LogP contribution in [0.15, 0.2) is 65.4 Å². The Kier molecular flexibility index (Phi) is 6.53. The van der Waals surface area contributed by atoms with Crippen molar-refractivity contribution in [2.45, 2.75) is 0 Å². The maximum atomic E-state index is 11.9. The largest absolute Gasteiger partial charge is 0.484 e. The van der Waals surface area contributed by atoms with Gasteiger partial charge in [-0.05, 0) is 36.4 Å². The van der Waals surface area contributed by atoms with Crippen LogP contribution >= 0.6 is 15.9 Å². The molecule has 148 valence electrons. The van der Waals surface area contributed by atoms with Gasteiger partial charge in [0.1, 0.15) is 12.1 Å². The van der Waals surface area contributed by atoms with E-state index in [0.717, 1.165) is 10.8 Å². The Hall–Kier alpha value is -3.73. The lowest BCUT2D eigenvalue weighted by atomic mass is 10.3. The molecular weight excluding hydrogens is 444 g/mol. The molecule has 0 fully saturated rings. The van der Waals surface area contributed by atoms with Gasteiger partial charge in [-0.25, -0.2) is 9.97 Å². The van der Waals surface area contributed by atoms with Crippen LogP contribution in [0.2, 0.25) is 0 Å². The van der Waals surface area contributed by atoms with E-state index in [0.29, 0.717) is 11.4 Å². The lowest BCUT2D eigenvalue weighted by Gasteiger charge is -2.11. The molecule has 10 nitrogen and oxygen atoms in total. The summed E-state index contributed by atoms with van der Waals surface area (Å²) in [5.74, 6) is -0.205. The quantitative estimate of drug-likeness (QED) is 0.345. The Morgan fingerprint density at radius 2 is 1.76 bits per heavy atom. The number of anilines is 3. The standard InChI is InChI=1S/C18H15BrN6O4/c19-12-6-8-13(9-7-12)22-17-16(25(27)28)18(21-11-20-17)24-23-15(26)10-29-14-4-2-1-3-5-14/h1-9,11H,10H2,(H,23,26)(H2,20,21,22,24). The number of aromatic nitrogens is 2. The molecule has 0 aliphatic heterocycles. The molecule has 29 heavy (non-hydrogen) atoms. The predicted molar refractivity (Wildman–Crippen MR) is 110 cm³/mol. The Morgan fingerprint density at radius 1 is 1.07 bits per heavy atom. The molecule has 0 aliphatic rings. The molecule has 0 saturated heterocycles. The smallest absolute Gasteiger partial charge is 0.355 e. The molecule has 0 saturated carbocycles. The van der Waals surface area contributed by atoms with Gasteiger partial charge in [0.15, 0.2) is 6.61 Å². The third-order valence-corrected chi connectivity index (χ3v) is 4.07. The molecule has 11 heteroatoms. The summed E-state index contributed by atoms with van der Waals surface area (Å²) in [7, 11) is 0. The number of carbonyl (C=O) groups is 1. The Morgan fingerprint density at radius 3 is 2.45 bits per heavy atom. The molecule has 0 unspecified atom stereocenters. The van der Waals surface area contributed by atoms with Crippen LogP contribution < -0.4 is 20.9 Å². The second kappa shape index (κ2) is 9.46. The minimum atomic E-state index is -0.643. The van der Waals surface area contributed by atoms with Gasteiger partial charge in [0.05, 0.1) is 4.92 Å². The van der Waals surface area contributed by atoms with Crippen molar-refractivity contribution < 1.29 is 14.5 Å². The average molecular weight is 459 g/mol. The second-order valence-electron chi connectivity index (χ2n) is 5.58. The van der Waals surface area contributed by atoms with Crippen LogP contribution in [0.4, 0.5) is 23.0 Å². The van der Waals surface area contributed by atoms with Gasteiger partial charge in [0.2, 0.25) is 11.6 Å². The fraction of sp³-hybridized carbons (Fsp3) is 0.0556. The van der Waals surface area contributed by atoms with Gasteiger partial charge < -0.3 is 10.1 Å². The van der Waals surface area contributed by atoms with Gasteiger partial charge in [-0.2, -0.15) is 0 Å². The molecule has 3 rings (SSSR count). The van der Waals surface area contributed by atoms with E-state index in [1.54, 1.807) is 48.5 Å². The highest BCUT2D eigenvalue weighted by Gasteiger charge is 2.23. The number of hydrogen-bond donors (Lipinski definition) is 3. The number of nitrogens with zero attached hydrogens (tertiary/aromatic N) is 3. The highest BCUT2D eigenvalue weighted by molar-refractivity contribution is 9.10. The summed E-state index contributed by atoms with van der Waals surface area (Å²) >= 11 is 3.32. The summed E-state index contributed by atoms with van der Waals surface area (Å²) in [4.78, 5) is 30.6. The molecule has 1 heterocycles.